The average molecular weight is 395 g/mol. The molecular formula is C23H30N4O2. The highest BCUT2D eigenvalue weighted by molar-refractivity contribution is 5.96. The van der Waals surface area contributed by atoms with E-state index >= 15 is 0 Å². The summed E-state index contributed by atoms with van der Waals surface area (Å²) in [4.78, 5) is 15.6. The Bertz CT molecular complexity index is 904. The fraction of sp³-hybridized carbons (Fsp3) is 0.565. The molecule has 6 heteroatoms. The van der Waals surface area contributed by atoms with E-state index in [-0.39, 0.29) is 5.91 Å². The van der Waals surface area contributed by atoms with Gasteiger partial charge in [0.25, 0.3) is 5.91 Å². The van der Waals surface area contributed by atoms with Crippen LogP contribution in [0.2, 0.25) is 0 Å². The number of carbonyl (C=O) groups excluding carboxylic acids is 1. The number of carbonyl (C=O) groups is 1. The zero-order valence-corrected chi connectivity index (χ0v) is 17.2. The van der Waals surface area contributed by atoms with Crippen molar-refractivity contribution in [1.82, 2.24) is 20.4 Å². The molecule has 0 spiro atoms. The van der Waals surface area contributed by atoms with E-state index in [9.17, 15) is 4.79 Å². The van der Waals surface area contributed by atoms with Crippen molar-refractivity contribution in [3.05, 3.63) is 35.0 Å². The summed E-state index contributed by atoms with van der Waals surface area (Å²) in [6.07, 6.45) is 8.06. The second-order valence-corrected chi connectivity index (χ2v) is 8.62. The maximum Gasteiger partial charge on any atom is 0.269 e. The number of fused-ring (bicyclic) bond motifs is 4. The van der Waals surface area contributed by atoms with E-state index in [1.807, 2.05) is 12.1 Å². The van der Waals surface area contributed by atoms with Crippen molar-refractivity contribution < 1.29 is 9.53 Å². The predicted octanol–water partition coefficient (Wildman–Crippen LogP) is 3.18. The van der Waals surface area contributed by atoms with Gasteiger partial charge >= 0.3 is 0 Å². The summed E-state index contributed by atoms with van der Waals surface area (Å²) in [6, 6.07) is 6.69. The van der Waals surface area contributed by atoms with Gasteiger partial charge in [-0.3, -0.25) is 9.89 Å². The third-order valence-electron chi connectivity index (χ3n) is 7.08. The van der Waals surface area contributed by atoms with Crippen LogP contribution >= 0.6 is 0 Å². The van der Waals surface area contributed by atoms with Crippen molar-refractivity contribution in [3.63, 3.8) is 0 Å². The number of hydrogen-bond acceptors (Lipinski definition) is 4. The molecule has 0 saturated carbocycles. The number of amides is 1. The van der Waals surface area contributed by atoms with Gasteiger partial charge in [0.05, 0.1) is 12.8 Å². The van der Waals surface area contributed by atoms with E-state index in [4.69, 9.17) is 4.74 Å². The van der Waals surface area contributed by atoms with Crippen LogP contribution in [0, 0.1) is 5.92 Å². The highest BCUT2D eigenvalue weighted by Gasteiger charge is 2.33. The lowest BCUT2D eigenvalue weighted by Gasteiger charge is -2.44. The SMILES string of the molecule is COc1cccc2c1CCc1c-2n[nH]c1C(=O)NCC1CCCN2CCCCC12. The standard InChI is InChI=1S/C23H30N4O2/c1-29-20-9-4-7-17-16(20)10-11-18-21(17)25-26-22(18)23(28)24-14-15-6-5-13-27-12-3-2-8-19(15)27/h4,7,9,15,19H,2-3,5-6,8,10-14H2,1H3,(H,24,28)(H,25,26). The first-order chi connectivity index (χ1) is 14.3. The van der Waals surface area contributed by atoms with E-state index in [0.717, 1.165) is 42.0 Å². The molecule has 2 atom stereocenters. The minimum absolute atomic E-state index is 0.0157. The molecule has 0 bridgehead atoms. The summed E-state index contributed by atoms with van der Waals surface area (Å²) in [5.41, 5.74) is 4.81. The monoisotopic (exact) mass is 394 g/mol. The van der Waals surface area contributed by atoms with E-state index in [0.29, 0.717) is 17.7 Å². The molecule has 154 valence electrons. The topological polar surface area (TPSA) is 70.2 Å². The summed E-state index contributed by atoms with van der Waals surface area (Å²) in [7, 11) is 1.70. The van der Waals surface area contributed by atoms with Gasteiger partial charge in [0.15, 0.2) is 0 Å². The van der Waals surface area contributed by atoms with Gasteiger partial charge in [-0.15, -0.1) is 0 Å². The Labute approximate surface area is 172 Å². The third kappa shape index (κ3) is 3.33. The van der Waals surface area contributed by atoms with E-state index in [1.54, 1.807) is 7.11 Å². The molecule has 1 aromatic heterocycles. The molecular weight excluding hydrogens is 364 g/mol. The predicted molar refractivity (Wildman–Crippen MR) is 112 cm³/mol. The minimum Gasteiger partial charge on any atom is -0.496 e. The quantitative estimate of drug-likeness (QED) is 0.836. The first-order valence-electron chi connectivity index (χ1n) is 11.0. The normalized spacial score (nSPS) is 23.6. The van der Waals surface area contributed by atoms with Gasteiger partial charge in [0.1, 0.15) is 11.4 Å². The van der Waals surface area contributed by atoms with E-state index in [2.05, 4.69) is 26.5 Å². The molecule has 2 saturated heterocycles. The van der Waals surface area contributed by atoms with Crippen LogP contribution in [0.4, 0.5) is 0 Å². The summed E-state index contributed by atoms with van der Waals surface area (Å²) in [5, 5.41) is 10.8. The van der Waals surface area contributed by atoms with Crippen molar-refractivity contribution in [1.29, 1.82) is 0 Å². The van der Waals surface area contributed by atoms with Crippen molar-refractivity contribution in [3.8, 4) is 17.0 Å². The minimum atomic E-state index is -0.0157. The van der Waals surface area contributed by atoms with Crippen LogP contribution in [0.15, 0.2) is 18.2 Å². The van der Waals surface area contributed by atoms with Crippen LogP contribution in [0.1, 0.15) is 53.7 Å². The van der Waals surface area contributed by atoms with Gasteiger partial charge in [-0.1, -0.05) is 18.6 Å². The lowest BCUT2D eigenvalue weighted by molar-refractivity contribution is 0.0575. The Kier molecular flexibility index (Phi) is 5.04. The van der Waals surface area contributed by atoms with Gasteiger partial charge in [0, 0.05) is 29.3 Å². The number of benzene rings is 1. The fourth-order valence-electron chi connectivity index (χ4n) is 5.63. The summed E-state index contributed by atoms with van der Waals surface area (Å²) < 4.78 is 5.51. The maximum absolute atomic E-state index is 13.0. The Balaban J connectivity index is 1.31. The van der Waals surface area contributed by atoms with Gasteiger partial charge in [-0.05, 0) is 63.6 Å². The number of ether oxygens (including phenoxy) is 1. The first kappa shape index (κ1) is 18.7. The molecule has 0 radical (unpaired) electrons. The smallest absolute Gasteiger partial charge is 0.269 e. The first-order valence-corrected chi connectivity index (χ1v) is 11.0. The summed E-state index contributed by atoms with van der Waals surface area (Å²) in [5.74, 6) is 1.45. The lowest BCUT2D eigenvalue weighted by atomic mass is 9.83. The Morgan fingerprint density at radius 2 is 2.07 bits per heavy atom. The number of nitrogens with zero attached hydrogens (tertiary/aromatic N) is 2. The van der Waals surface area contributed by atoms with Crippen molar-refractivity contribution in [2.45, 2.75) is 51.0 Å². The average Bonchev–Trinajstić information content (AvgIpc) is 3.21. The summed E-state index contributed by atoms with van der Waals surface area (Å²) >= 11 is 0. The maximum atomic E-state index is 13.0. The van der Waals surface area contributed by atoms with Gasteiger partial charge in [-0.2, -0.15) is 5.10 Å². The van der Waals surface area contributed by atoms with E-state index < -0.39 is 0 Å². The Morgan fingerprint density at radius 3 is 2.97 bits per heavy atom. The molecule has 2 N–H and O–H groups in total. The molecule has 1 amide bonds. The molecule has 5 rings (SSSR count). The van der Waals surface area contributed by atoms with Crippen LogP contribution in [0.3, 0.4) is 0 Å². The fourth-order valence-corrected chi connectivity index (χ4v) is 5.63. The van der Waals surface area contributed by atoms with Crippen LogP contribution in [-0.4, -0.2) is 53.8 Å². The van der Waals surface area contributed by atoms with Gasteiger partial charge in [0.2, 0.25) is 0 Å². The number of aromatic amines is 1. The zero-order chi connectivity index (χ0) is 19.8. The molecule has 1 aliphatic carbocycles. The van der Waals surface area contributed by atoms with Gasteiger partial charge in [-0.25, -0.2) is 0 Å². The van der Waals surface area contributed by atoms with Crippen molar-refractivity contribution in [2.24, 2.45) is 5.92 Å². The molecule has 3 aliphatic rings. The molecule has 1 aromatic carbocycles. The number of aromatic nitrogens is 2. The van der Waals surface area contributed by atoms with Crippen LogP contribution in [0.25, 0.3) is 11.3 Å². The van der Waals surface area contributed by atoms with Crippen LogP contribution in [0.5, 0.6) is 5.75 Å². The molecule has 6 nitrogen and oxygen atoms in total. The number of hydrogen-bond donors (Lipinski definition) is 2. The van der Waals surface area contributed by atoms with Crippen molar-refractivity contribution >= 4 is 5.91 Å². The number of methoxy groups -OCH3 is 1. The number of nitrogens with one attached hydrogen (secondary N) is 2. The molecule has 2 aromatic rings. The largest absolute Gasteiger partial charge is 0.496 e. The number of H-pyrrole nitrogens is 1. The Morgan fingerprint density at radius 1 is 1.21 bits per heavy atom. The molecule has 2 fully saturated rings. The molecule has 2 unspecified atom stereocenters. The highest BCUT2D eigenvalue weighted by Crippen LogP contribution is 2.38. The Hall–Kier alpha value is -2.34. The van der Waals surface area contributed by atoms with Crippen molar-refractivity contribution in [2.75, 3.05) is 26.7 Å². The molecule has 3 heterocycles. The van der Waals surface area contributed by atoms with Crippen LogP contribution < -0.4 is 10.1 Å². The van der Waals surface area contributed by atoms with Crippen LogP contribution in [-0.2, 0) is 12.8 Å². The second-order valence-electron chi connectivity index (χ2n) is 8.62. The third-order valence-corrected chi connectivity index (χ3v) is 7.08. The van der Waals surface area contributed by atoms with Gasteiger partial charge < -0.3 is 15.0 Å². The number of piperidine rings is 2. The molecule has 2 aliphatic heterocycles. The molecule has 29 heavy (non-hydrogen) atoms. The summed E-state index contributed by atoms with van der Waals surface area (Å²) in [6.45, 7) is 3.22. The highest BCUT2D eigenvalue weighted by atomic mass is 16.5. The zero-order valence-electron chi connectivity index (χ0n) is 17.2. The lowest BCUT2D eigenvalue weighted by Crippen LogP contribution is -2.51. The number of rotatable bonds is 4. The second kappa shape index (κ2) is 7.82. The van der Waals surface area contributed by atoms with E-state index in [1.165, 1.54) is 50.8 Å².